The van der Waals surface area contributed by atoms with Gasteiger partial charge in [0.05, 0.1) is 6.04 Å². The molecule has 1 aliphatic rings. The molecule has 5 rings (SSSR count). The van der Waals surface area contributed by atoms with E-state index in [1.165, 1.54) is 10.8 Å². The van der Waals surface area contributed by atoms with Crippen molar-refractivity contribution in [1.82, 2.24) is 19.6 Å². The van der Waals surface area contributed by atoms with Crippen LogP contribution in [-0.4, -0.2) is 26.6 Å². The molecule has 2 heterocycles. The number of anilines is 1. The number of rotatable bonds is 2. The standard InChI is InChI=1S/C20H14F3N5/c1-27(17-10-16(20(21,22)23)26-19-24-11-25-28(17)19)18-14-8-4-2-6-12(14)13-7-3-5-9-15(13)18/h2-11,18H,1H3. The van der Waals surface area contributed by atoms with Gasteiger partial charge in [-0.15, -0.1) is 0 Å². The number of fused-ring (bicyclic) bond motifs is 4. The van der Waals surface area contributed by atoms with Crippen molar-refractivity contribution in [3.8, 4) is 11.1 Å². The molecule has 0 atom stereocenters. The fourth-order valence-corrected chi connectivity index (χ4v) is 3.87. The number of hydrogen-bond donors (Lipinski definition) is 0. The smallest absolute Gasteiger partial charge is 0.348 e. The van der Waals surface area contributed by atoms with Gasteiger partial charge in [0.15, 0.2) is 5.69 Å². The molecule has 0 fully saturated rings. The topological polar surface area (TPSA) is 46.3 Å². The number of aromatic nitrogens is 4. The maximum Gasteiger partial charge on any atom is 0.433 e. The molecular formula is C20H14F3N5. The zero-order valence-electron chi connectivity index (χ0n) is 14.7. The summed E-state index contributed by atoms with van der Waals surface area (Å²) in [5.41, 5.74) is 3.23. The third-order valence-corrected chi connectivity index (χ3v) is 5.07. The molecule has 0 unspecified atom stereocenters. The first-order valence-electron chi connectivity index (χ1n) is 8.64. The minimum absolute atomic E-state index is 0.0868. The Labute approximate surface area is 158 Å². The largest absolute Gasteiger partial charge is 0.433 e. The summed E-state index contributed by atoms with van der Waals surface area (Å²) in [6, 6.07) is 16.6. The minimum Gasteiger partial charge on any atom is -0.348 e. The first-order chi connectivity index (χ1) is 13.4. The van der Waals surface area contributed by atoms with E-state index in [2.05, 4.69) is 15.1 Å². The van der Waals surface area contributed by atoms with Gasteiger partial charge in [-0.2, -0.15) is 27.8 Å². The SMILES string of the molecule is CN(c1cc(C(F)(F)F)nc2ncnn12)C1c2ccccc2-c2ccccc21. The second-order valence-corrected chi connectivity index (χ2v) is 6.66. The second kappa shape index (κ2) is 5.79. The minimum atomic E-state index is -4.57. The van der Waals surface area contributed by atoms with Crippen molar-refractivity contribution >= 4 is 11.6 Å². The van der Waals surface area contributed by atoms with Gasteiger partial charge >= 0.3 is 6.18 Å². The lowest BCUT2D eigenvalue weighted by atomic mass is 10.0. The van der Waals surface area contributed by atoms with Gasteiger partial charge in [-0.25, -0.2) is 4.98 Å². The molecule has 140 valence electrons. The molecule has 0 radical (unpaired) electrons. The van der Waals surface area contributed by atoms with Crippen LogP contribution in [0, 0.1) is 0 Å². The Morgan fingerprint density at radius 1 is 0.964 bits per heavy atom. The Kier molecular flexibility index (Phi) is 3.46. The van der Waals surface area contributed by atoms with Crippen molar-refractivity contribution in [2.45, 2.75) is 12.2 Å². The monoisotopic (exact) mass is 381 g/mol. The van der Waals surface area contributed by atoms with Crippen molar-refractivity contribution in [2.24, 2.45) is 0 Å². The van der Waals surface area contributed by atoms with E-state index in [4.69, 9.17) is 0 Å². The highest BCUT2D eigenvalue weighted by Gasteiger charge is 2.37. The van der Waals surface area contributed by atoms with Crippen LogP contribution in [0.2, 0.25) is 0 Å². The average molecular weight is 381 g/mol. The molecule has 5 nitrogen and oxygen atoms in total. The van der Waals surface area contributed by atoms with Crippen LogP contribution in [0.4, 0.5) is 19.0 Å². The fraction of sp³-hybridized carbons (Fsp3) is 0.150. The van der Waals surface area contributed by atoms with Crippen molar-refractivity contribution in [1.29, 1.82) is 0 Å². The lowest BCUT2D eigenvalue weighted by Gasteiger charge is -2.29. The average Bonchev–Trinajstić information content (AvgIpc) is 3.28. The summed E-state index contributed by atoms with van der Waals surface area (Å²) in [6.45, 7) is 0. The predicted octanol–water partition coefficient (Wildman–Crippen LogP) is 4.35. The third-order valence-electron chi connectivity index (χ3n) is 5.07. The van der Waals surface area contributed by atoms with E-state index in [0.717, 1.165) is 28.3 Å². The highest BCUT2D eigenvalue weighted by atomic mass is 19.4. The van der Waals surface area contributed by atoms with Crippen LogP contribution in [0.1, 0.15) is 22.9 Å². The highest BCUT2D eigenvalue weighted by Crippen LogP contribution is 2.47. The first kappa shape index (κ1) is 16.7. The first-order valence-corrected chi connectivity index (χ1v) is 8.64. The Hall–Kier alpha value is -3.42. The molecule has 2 aromatic carbocycles. The van der Waals surface area contributed by atoms with Gasteiger partial charge in [-0.05, 0) is 22.3 Å². The van der Waals surface area contributed by atoms with E-state index in [1.54, 1.807) is 11.9 Å². The molecular weight excluding hydrogens is 367 g/mol. The summed E-state index contributed by atoms with van der Waals surface area (Å²) >= 11 is 0. The van der Waals surface area contributed by atoms with Crippen molar-refractivity contribution < 1.29 is 13.2 Å². The predicted molar refractivity (Wildman–Crippen MR) is 97.9 cm³/mol. The van der Waals surface area contributed by atoms with E-state index < -0.39 is 11.9 Å². The lowest BCUT2D eigenvalue weighted by molar-refractivity contribution is -0.141. The van der Waals surface area contributed by atoms with Gasteiger partial charge in [-0.3, -0.25) is 0 Å². The van der Waals surface area contributed by atoms with Gasteiger partial charge in [0.25, 0.3) is 5.78 Å². The van der Waals surface area contributed by atoms with Crippen LogP contribution in [0.15, 0.2) is 60.9 Å². The Morgan fingerprint density at radius 2 is 1.57 bits per heavy atom. The maximum absolute atomic E-state index is 13.4. The summed E-state index contributed by atoms with van der Waals surface area (Å²) in [5.74, 6) is 0.183. The Morgan fingerprint density at radius 3 is 2.18 bits per heavy atom. The molecule has 28 heavy (non-hydrogen) atoms. The van der Waals surface area contributed by atoms with Crippen LogP contribution >= 0.6 is 0 Å². The van der Waals surface area contributed by atoms with Gasteiger partial charge in [-0.1, -0.05) is 48.5 Å². The maximum atomic E-state index is 13.4. The second-order valence-electron chi connectivity index (χ2n) is 6.66. The molecule has 1 aliphatic carbocycles. The molecule has 0 bridgehead atoms. The van der Waals surface area contributed by atoms with E-state index in [1.807, 2.05) is 48.5 Å². The summed E-state index contributed by atoms with van der Waals surface area (Å²) in [4.78, 5) is 9.26. The van der Waals surface area contributed by atoms with Gasteiger partial charge in [0.1, 0.15) is 12.1 Å². The van der Waals surface area contributed by atoms with Crippen LogP contribution in [-0.2, 0) is 6.18 Å². The number of hydrogen-bond acceptors (Lipinski definition) is 4. The highest BCUT2D eigenvalue weighted by molar-refractivity contribution is 5.80. The molecule has 2 aromatic heterocycles. The van der Waals surface area contributed by atoms with Gasteiger partial charge in [0.2, 0.25) is 0 Å². The number of halogens is 3. The zero-order chi connectivity index (χ0) is 19.5. The molecule has 0 aliphatic heterocycles. The Balaban J connectivity index is 1.73. The lowest BCUT2D eigenvalue weighted by Crippen LogP contribution is -2.27. The van der Waals surface area contributed by atoms with Crippen LogP contribution in [0.3, 0.4) is 0 Å². The van der Waals surface area contributed by atoms with Crippen molar-refractivity contribution in [2.75, 3.05) is 11.9 Å². The number of nitrogens with zero attached hydrogens (tertiary/aromatic N) is 5. The summed E-state index contributed by atoms with van der Waals surface area (Å²) in [5, 5.41) is 4.08. The Bertz CT molecular complexity index is 1150. The molecule has 0 spiro atoms. The molecule has 0 saturated heterocycles. The molecule has 0 amide bonds. The summed E-state index contributed by atoms with van der Waals surface area (Å²) < 4.78 is 41.5. The fourth-order valence-electron chi connectivity index (χ4n) is 3.87. The summed E-state index contributed by atoms with van der Waals surface area (Å²) in [7, 11) is 1.76. The summed E-state index contributed by atoms with van der Waals surface area (Å²) in [6.07, 6.45) is -3.37. The molecule has 8 heteroatoms. The van der Waals surface area contributed by atoms with Crippen LogP contribution < -0.4 is 4.90 Å². The van der Waals surface area contributed by atoms with Crippen molar-refractivity contribution in [3.05, 3.63) is 77.7 Å². The van der Waals surface area contributed by atoms with Gasteiger partial charge in [0, 0.05) is 13.1 Å². The van der Waals surface area contributed by atoms with E-state index in [9.17, 15) is 13.2 Å². The van der Waals surface area contributed by atoms with Gasteiger partial charge < -0.3 is 4.90 Å². The van der Waals surface area contributed by atoms with E-state index in [-0.39, 0.29) is 17.6 Å². The van der Waals surface area contributed by atoms with Crippen LogP contribution in [0.5, 0.6) is 0 Å². The molecule has 4 aromatic rings. The number of alkyl halides is 3. The molecule has 0 N–H and O–H groups in total. The quantitative estimate of drug-likeness (QED) is 0.518. The van der Waals surface area contributed by atoms with Crippen LogP contribution in [0.25, 0.3) is 16.9 Å². The van der Waals surface area contributed by atoms with Crippen molar-refractivity contribution in [3.63, 3.8) is 0 Å². The third kappa shape index (κ3) is 2.37. The molecule has 0 saturated carbocycles. The zero-order valence-corrected chi connectivity index (χ0v) is 14.7. The van der Waals surface area contributed by atoms with E-state index in [0.29, 0.717) is 0 Å². The van der Waals surface area contributed by atoms with E-state index >= 15 is 0 Å². The number of benzene rings is 2. The normalized spacial score (nSPS) is 13.6.